The van der Waals surface area contributed by atoms with Crippen molar-refractivity contribution in [3.8, 4) is 0 Å². The number of nitrogens with one attached hydrogen (secondary N) is 1. The van der Waals surface area contributed by atoms with Crippen LogP contribution in [0.15, 0.2) is 59.8 Å². The lowest BCUT2D eigenvalue weighted by molar-refractivity contribution is 0.466. The number of nitrogens with zero attached hydrogens (tertiary/aromatic N) is 3. The van der Waals surface area contributed by atoms with Crippen molar-refractivity contribution >= 4 is 33.2 Å². The summed E-state index contributed by atoms with van der Waals surface area (Å²) in [5, 5.41) is 5.27. The topological polar surface area (TPSA) is 59.8 Å². The minimum Gasteiger partial charge on any atom is -0.313 e. The van der Waals surface area contributed by atoms with Crippen LogP contribution in [0.4, 0.5) is 0 Å². The maximum Gasteiger partial charge on any atom is 0.262 e. The molecule has 7 heteroatoms. The summed E-state index contributed by atoms with van der Waals surface area (Å²) in [4.78, 5) is 24.3. The van der Waals surface area contributed by atoms with Gasteiger partial charge in [-0.05, 0) is 67.6 Å². The van der Waals surface area contributed by atoms with Gasteiger partial charge in [-0.15, -0.1) is 11.3 Å². The SMILES string of the molecule is O=c1c2c3c(sc2ncn1Cc1ccccn1)C[C@H](NCCc1ccc(Cl)cc1)CC3. The van der Waals surface area contributed by atoms with Crippen LogP contribution in [0, 0.1) is 0 Å². The molecule has 0 unspecified atom stereocenters. The average Bonchev–Trinajstić information content (AvgIpc) is 3.16. The van der Waals surface area contributed by atoms with Crippen LogP contribution in [0.25, 0.3) is 10.2 Å². The van der Waals surface area contributed by atoms with Crippen molar-refractivity contribution in [3.63, 3.8) is 0 Å². The highest BCUT2D eigenvalue weighted by Gasteiger charge is 2.25. The van der Waals surface area contributed by atoms with Crippen LogP contribution in [0.1, 0.15) is 28.1 Å². The van der Waals surface area contributed by atoms with Crippen LogP contribution >= 0.6 is 22.9 Å². The van der Waals surface area contributed by atoms with Crippen LogP contribution in [-0.4, -0.2) is 27.1 Å². The van der Waals surface area contributed by atoms with E-state index in [0.717, 1.165) is 53.2 Å². The van der Waals surface area contributed by atoms with E-state index in [9.17, 15) is 4.79 Å². The second-order valence-electron chi connectivity index (χ2n) is 7.95. The molecule has 0 radical (unpaired) electrons. The number of thiophene rings is 1. The van der Waals surface area contributed by atoms with E-state index >= 15 is 0 Å². The fraction of sp³-hybridized carbons (Fsp3) is 0.292. The summed E-state index contributed by atoms with van der Waals surface area (Å²) in [6, 6.07) is 14.2. The minimum absolute atomic E-state index is 0.0438. The van der Waals surface area contributed by atoms with Gasteiger partial charge in [-0.2, -0.15) is 0 Å². The first kappa shape index (κ1) is 20.4. The molecule has 1 aliphatic rings. The van der Waals surface area contributed by atoms with Gasteiger partial charge >= 0.3 is 0 Å². The molecule has 0 amide bonds. The maximum absolute atomic E-state index is 13.2. The Balaban J connectivity index is 1.29. The number of hydrogen-bond donors (Lipinski definition) is 1. The third-order valence-corrected chi connectivity index (χ3v) is 7.27. The number of rotatable bonds is 6. The molecule has 31 heavy (non-hydrogen) atoms. The molecule has 0 aliphatic heterocycles. The molecule has 0 fully saturated rings. The monoisotopic (exact) mass is 450 g/mol. The zero-order valence-corrected chi connectivity index (χ0v) is 18.6. The van der Waals surface area contributed by atoms with Crippen LogP contribution in [0.2, 0.25) is 5.02 Å². The molecule has 158 valence electrons. The number of hydrogen-bond acceptors (Lipinski definition) is 5. The first-order valence-electron chi connectivity index (χ1n) is 10.5. The second-order valence-corrected chi connectivity index (χ2v) is 9.47. The lowest BCUT2D eigenvalue weighted by atomic mass is 9.93. The molecule has 5 rings (SSSR count). The molecule has 1 aliphatic carbocycles. The molecular weight excluding hydrogens is 428 g/mol. The Labute approximate surface area is 189 Å². The quantitative estimate of drug-likeness (QED) is 0.477. The molecule has 1 aromatic carbocycles. The van der Waals surface area contributed by atoms with Crippen LogP contribution in [0.5, 0.6) is 0 Å². The highest BCUT2D eigenvalue weighted by Crippen LogP contribution is 2.33. The van der Waals surface area contributed by atoms with E-state index in [0.29, 0.717) is 12.6 Å². The number of benzene rings is 1. The van der Waals surface area contributed by atoms with Gasteiger partial charge in [0, 0.05) is 22.1 Å². The molecule has 0 bridgehead atoms. The van der Waals surface area contributed by atoms with Gasteiger partial charge in [-0.1, -0.05) is 29.8 Å². The van der Waals surface area contributed by atoms with E-state index < -0.39 is 0 Å². The largest absolute Gasteiger partial charge is 0.313 e. The van der Waals surface area contributed by atoms with Crippen molar-refractivity contribution in [2.24, 2.45) is 0 Å². The summed E-state index contributed by atoms with van der Waals surface area (Å²) in [7, 11) is 0. The van der Waals surface area contributed by atoms with Crippen molar-refractivity contribution in [2.75, 3.05) is 6.54 Å². The Morgan fingerprint density at radius 1 is 1.16 bits per heavy atom. The van der Waals surface area contributed by atoms with Crippen molar-refractivity contribution < 1.29 is 0 Å². The molecule has 5 nitrogen and oxygen atoms in total. The van der Waals surface area contributed by atoms with Crippen LogP contribution in [0.3, 0.4) is 0 Å². The second kappa shape index (κ2) is 8.91. The molecule has 0 spiro atoms. The maximum atomic E-state index is 13.2. The number of pyridine rings is 1. The van der Waals surface area contributed by atoms with Gasteiger partial charge < -0.3 is 5.32 Å². The smallest absolute Gasteiger partial charge is 0.262 e. The number of aromatic nitrogens is 3. The zero-order chi connectivity index (χ0) is 21.2. The van der Waals surface area contributed by atoms with Gasteiger partial charge in [-0.3, -0.25) is 14.3 Å². The molecule has 3 heterocycles. The normalized spacial score (nSPS) is 15.8. The Bertz CT molecular complexity index is 1250. The van der Waals surface area contributed by atoms with E-state index in [4.69, 9.17) is 11.6 Å². The lowest BCUT2D eigenvalue weighted by Crippen LogP contribution is -2.35. The summed E-state index contributed by atoms with van der Waals surface area (Å²) < 4.78 is 1.67. The van der Waals surface area contributed by atoms with Crippen molar-refractivity contribution in [1.82, 2.24) is 19.9 Å². The summed E-state index contributed by atoms with van der Waals surface area (Å²) >= 11 is 7.63. The Kier molecular flexibility index (Phi) is 5.85. The van der Waals surface area contributed by atoms with Gasteiger partial charge in [0.15, 0.2) is 0 Å². The third-order valence-electron chi connectivity index (χ3n) is 5.85. The van der Waals surface area contributed by atoms with Gasteiger partial charge in [0.25, 0.3) is 5.56 Å². The number of aryl methyl sites for hydroxylation is 1. The standard InChI is InChI=1S/C24H23ClN4OS/c25-17-6-4-16(5-7-17)10-12-27-18-8-9-20-21(13-18)31-23-22(20)24(30)29(15-28-23)14-19-3-1-2-11-26-19/h1-7,11,15,18,27H,8-10,12-14H2/t18-/m1/s1. The van der Waals surface area contributed by atoms with Gasteiger partial charge in [0.05, 0.1) is 24.0 Å². The van der Waals surface area contributed by atoms with E-state index in [1.54, 1.807) is 28.4 Å². The Morgan fingerprint density at radius 3 is 2.84 bits per heavy atom. The molecule has 3 aromatic heterocycles. The molecule has 0 saturated carbocycles. The zero-order valence-electron chi connectivity index (χ0n) is 17.1. The van der Waals surface area contributed by atoms with Crippen molar-refractivity contribution in [1.29, 1.82) is 0 Å². The first-order chi connectivity index (χ1) is 15.2. The van der Waals surface area contributed by atoms with Gasteiger partial charge in [0.2, 0.25) is 0 Å². The third kappa shape index (κ3) is 4.42. The van der Waals surface area contributed by atoms with E-state index in [2.05, 4.69) is 27.4 Å². The molecule has 1 atom stereocenters. The fourth-order valence-electron chi connectivity index (χ4n) is 4.23. The summed E-state index contributed by atoms with van der Waals surface area (Å²) in [5.41, 5.74) is 3.39. The van der Waals surface area contributed by atoms with E-state index in [1.165, 1.54) is 16.0 Å². The van der Waals surface area contributed by atoms with Gasteiger partial charge in [0.1, 0.15) is 4.83 Å². The minimum atomic E-state index is 0.0438. The van der Waals surface area contributed by atoms with E-state index in [1.807, 2.05) is 30.3 Å². The molecule has 4 aromatic rings. The Morgan fingerprint density at radius 2 is 2.03 bits per heavy atom. The van der Waals surface area contributed by atoms with Gasteiger partial charge in [-0.25, -0.2) is 4.98 Å². The predicted octanol–water partition coefficient (Wildman–Crippen LogP) is 4.24. The number of halogens is 1. The average molecular weight is 451 g/mol. The van der Waals surface area contributed by atoms with Crippen molar-refractivity contribution in [2.45, 2.75) is 38.3 Å². The van der Waals surface area contributed by atoms with Crippen molar-refractivity contribution in [3.05, 3.63) is 92.1 Å². The summed E-state index contributed by atoms with van der Waals surface area (Å²) in [5.74, 6) is 0. The summed E-state index contributed by atoms with van der Waals surface area (Å²) in [6.07, 6.45) is 7.29. The molecule has 1 N–H and O–H groups in total. The lowest BCUT2D eigenvalue weighted by Gasteiger charge is -2.23. The highest BCUT2D eigenvalue weighted by molar-refractivity contribution is 7.18. The highest BCUT2D eigenvalue weighted by atomic mass is 35.5. The van der Waals surface area contributed by atoms with E-state index in [-0.39, 0.29) is 5.56 Å². The molecular formula is C24H23ClN4OS. The summed E-state index contributed by atoms with van der Waals surface area (Å²) in [6.45, 7) is 1.38. The molecule has 0 saturated heterocycles. The Hall–Kier alpha value is -2.54. The fourth-order valence-corrected chi connectivity index (χ4v) is 5.61. The first-order valence-corrected chi connectivity index (χ1v) is 11.7. The predicted molar refractivity (Wildman–Crippen MR) is 126 cm³/mol. The van der Waals surface area contributed by atoms with Crippen LogP contribution in [-0.2, 0) is 25.8 Å². The van der Waals surface area contributed by atoms with Crippen LogP contribution < -0.4 is 10.9 Å². The number of fused-ring (bicyclic) bond motifs is 3.